The van der Waals surface area contributed by atoms with Gasteiger partial charge in [-0.2, -0.15) is 0 Å². The van der Waals surface area contributed by atoms with Gasteiger partial charge in [0.1, 0.15) is 5.82 Å². The number of aryl methyl sites for hydroxylation is 1. The third-order valence-corrected chi connectivity index (χ3v) is 5.20. The van der Waals surface area contributed by atoms with Gasteiger partial charge in [-0.15, -0.1) is 34.2 Å². The van der Waals surface area contributed by atoms with Gasteiger partial charge in [0.05, 0.1) is 19.1 Å². The van der Waals surface area contributed by atoms with Gasteiger partial charge in [-0.1, -0.05) is 59.6 Å². The van der Waals surface area contributed by atoms with Crippen molar-refractivity contribution in [3.05, 3.63) is 81.4 Å². The van der Waals surface area contributed by atoms with E-state index >= 15 is 0 Å². The van der Waals surface area contributed by atoms with Crippen LogP contribution < -0.4 is 10.6 Å². The summed E-state index contributed by atoms with van der Waals surface area (Å²) in [5.41, 5.74) is 2.07. The van der Waals surface area contributed by atoms with Crippen molar-refractivity contribution in [2.75, 3.05) is 0 Å². The van der Waals surface area contributed by atoms with Crippen LogP contribution in [0.2, 0.25) is 10.0 Å². The number of rotatable bonds is 6. The van der Waals surface area contributed by atoms with E-state index in [1.807, 2.05) is 67.9 Å². The Labute approximate surface area is 204 Å². The summed E-state index contributed by atoms with van der Waals surface area (Å²) in [5.74, 6) is 2.35. The van der Waals surface area contributed by atoms with Crippen LogP contribution in [0.15, 0.2) is 53.5 Å². The molecule has 0 saturated heterocycles. The van der Waals surface area contributed by atoms with Crippen molar-refractivity contribution in [3.8, 4) is 0 Å². The summed E-state index contributed by atoms with van der Waals surface area (Å²) in [6.07, 6.45) is 0. The van der Waals surface area contributed by atoms with E-state index in [-0.39, 0.29) is 30.0 Å². The molecule has 0 spiro atoms. The second-order valence-electron chi connectivity index (χ2n) is 6.76. The zero-order valence-electron chi connectivity index (χ0n) is 17.1. The molecule has 0 saturated carbocycles. The van der Waals surface area contributed by atoms with Gasteiger partial charge in [0.25, 0.3) is 0 Å². The number of nitrogens with one attached hydrogen (secondary N) is 2. The van der Waals surface area contributed by atoms with E-state index in [9.17, 15) is 0 Å². The lowest BCUT2D eigenvalue weighted by Gasteiger charge is -2.20. The first-order chi connectivity index (χ1) is 13.9. The molecule has 1 atom stereocenters. The minimum absolute atomic E-state index is 0. The Hall–Kier alpha value is -1.84. The topological polar surface area (TPSA) is 67.1 Å². The van der Waals surface area contributed by atoms with E-state index in [2.05, 4.69) is 20.8 Å². The molecule has 2 N–H and O–H groups in total. The first-order valence-electron chi connectivity index (χ1n) is 9.32. The lowest BCUT2D eigenvalue weighted by molar-refractivity contribution is 0.664. The van der Waals surface area contributed by atoms with Crippen molar-refractivity contribution in [1.82, 2.24) is 25.4 Å². The number of nitrogens with zero attached hydrogens (tertiary/aromatic N) is 4. The SMILES string of the molecule is Cc1nnc(CNC(=NCc2ccccc2)NC(C)c2ccc(Cl)cc2Cl)n1C.I. The van der Waals surface area contributed by atoms with Crippen LogP contribution in [0.25, 0.3) is 0 Å². The summed E-state index contributed by atoms with van der Waals surface area (Å²) >= 11 is 12.4. The summed E-state index contributed by atoms with van der Waals surface area (Å²) in [6.45, 7) is 5.00. The number of benzene rings is 2. The molecular formula is C21H25Cl2IN6. The van der Waals surface area contributed by atoms with Crippen molar-refractivity contribution in [2.45, 2.75) is 33.0 Å². The zero-order valence-corrected chi connectivity index (χ0v) is 20.9. The fourth-order valence-electron chi connectivity index (χ4n) is 2.81. The van der Waals surface area contributed by atoms with Crippen LogP contribution in [0.5, 0.6) is 0 Å². The molecule has 6 nitrogen and oxygen atoms in total. The largest absolute Gasteiger partial charge is 0.350 e. The Bertz CT molecular complexity index is 990. The molecule has 0 amide bonds. The Balaban J connectivity index is 0.00000320. The molecule has 2 aromatic carbocycles. The Morgan fingerprint density at radius 3 is 2.50 bits per heavy atom. The third kappa shape index (κ3) is 6.58. The van der Waals surface area contributed by atoms with Crippen LogP contribution in [-0.2, 0) is 20.1 Å². The van der Waals surface area contributed by atoms with Gasteiger partial charge in [0.2, 0.25) is 0 Å². The summed E-state index contributed by atoms with van der Waals surface area (Å²) < 4.78 is 1.95. The summed E-state index contributed by atoms with van der Waals surface area (Å²) in [6, 6.07) is 15.5. The van der Waals surface area contributed by atoms with E-state index in [0.29, 0.717) is 29.1 Å². The van der Waals surface area contributed by atoms with Crippen LogP contribution in [-0.4, -0.2) is 20.7 Å². The normalized spacial score (nSPS) is 12.2. The minimum Gasteiger partial charge on any atom is -0.350 e. The van der Waals surface area contributed by atoms with Gasteiger partial charge >= 0.3 is 0 Å². The fraction of sp³-hybridized carbons (Fsp3) is 0.286. The minimum atomic E-state index is -0.0666. The predicted octanol–water partition coefficient (Wildman–Crippen LogP) is 5.04. The van der Waals surface area contributed by atoms with E-state index < -0.39 is 0 Å². The molecule has 30 heavy (non-hydrogen) atoms. The summed E-state index contributed by atoms with van der Waals surface area (Å²) in [5, 5.41) is 16.3. The van der Waals surface area contributed by atoms with E-state index in [1.165, 1.54) is 0 Å². The predicted molar refractivity (Wildman–Crippen MR) is 134 cm³/mol. The molecule has 9 heteroatoms. The standard InChI is InChI=1S/C21H24Cl2N6.HI/c1-14(18-10-9-17(22)11-19(18)23)26-21(24-12-16-7-5-4-6-8-16)25-13-20-28-27-15(2)29(20)3;/h4-11,14H,12-13H2,1-3H3,(H2,24,25,26);1H. The fourth-order valence-corrected chi connectivity index (χ4v) is 3.38. The average Bonchev–Trinajstić information content (AvgIpc) is 3.02. The maximum absolute atomic E-state index is 6.37. The van der Waals surface area contributed by atoms with Gasteiger partial charge in [0, 0.05) is 17.1 Å². The number of guanidine groups is 1. The smallest absolute Gasteiger partial charge is 0.192 e. The molecule has 160 valence electrons. The number of hydrogen-bond donors (Lipinski definition) is 2. The molecule has 0 aliphatic carbocycles. The molecule has 0 aliphatic rings. The molecule has 3 rings (SSSR count). The second kappa shape index (κ2) is 11.5. The molecule has 0 aliphatic heterocycles. The van der Waals surface area contributed by atoms with Gasteiger partial charge in [-0.05, 0) is 37.1 Å². The average molecular weight is 559 g/mol. The van der Waals surface area contributed by atoms with Crippen molar-refractivity contribution in [2.24, 2.45) is 12.0 Å². The lowest BCUT2D eigenvalue weighted by Crippen LogP contribution is -2.39. The lowest BCUT2D eigenvalue weighted by atomic mass is 10.1. The zero-order chi connectivity index (χ0) is 20.8. The molecular weight excluding hydrogens is 534 g/mol. The Morgan fingerprint density at radius 1 is 1.13 bits per heavy atom. The van der Waals surface area contributed by atoms with Crippen LogP contribution in [0, 0.1) is 6.92 Å². The van der Waals surface area contributed by atoms with E-state index in [1.54, 1.807) is 6.07 Å². The van der Waals surface area contributed by atoms with Crippen molar-refractivity contribution >= 4 is 53.1 Å². The molecule has 1 aromatic heterocycles. The van der Waals surface area contributed by atoms with Gasteiger partial charge in [0.15, 0.2) is 11.8 Å². The highest BCUT2D eigenvalue weighted by Crippen LogP contribution is 2.26. The van der Waals surface area contributed by atoms with E-state index in [4.69, 9.17) is 28.2 Å². The van der Waals surface area contributed by atoms with Crippen molar-refractivity contribution in [3.63, 3.8) is 0 Å². The molecule has 1 heterocycles. The van der Waals surface area contributed by atoms with Crippen molar-refractivity contribution < 1.29 is 0 Å². The van der Waals surface area contributed by atoms with E-state index in [0.717, 1.165) is 22.8 Å². The number of aliphatic imine (C=N–C) groups is 1. The summed E-state index contributed by atoms with van der Waals surface area (Å²) in [7, 11) is 1.94. The monoisotopic (exact) mass is 558 g/mol. The van der Waals surface area contributed by atoms with Gasteiger partial charge in [-0.25, -0.2) is 4.99 Å². The highest BCUT2D eigenvalue weighted by molar-refractivity contribution is 14.0. The highest BCUT2D eigenvalue weighted by Gasteiger charge is 2.13. The molecule has 0 fully saturated rings. The Kier molecular flexibility index (Phi) is 9.38. The molecule has 0 bridgehead atoms. The third-order valence-electron chi connectivity index (χ3n) is 4.64. The number of halogens is 3. The molecule has 3 aromatic rings. The van der Waals surface area contributed by atoms with Crippen LogP contribution in [0.3, 0.4) is 0 Å². The van der Waals surface area contributed by atoms with Crippen LogP contribution in [0.4, 0.5) is 0 Å². The highest BCUT2D eigenvalue weighted by atomic mass is 127. The summed E-state index contributed by atoms with van der Waals surface area (Å²) in [4.78, 5) is 4.73. The van der Waals surface area contributed by atoms with Gasteiger partial charge < -0.3 is 15.2 Å². The first-order valence-corrected chi connectivity index (χ1v) is 10.1. The first kappa shape index (κ1) is 24.4. The second-order valence-corrected chi connectivity index (χ2v) is 7.60. The van der Waals surface area contributed by atoms with Crippen molar-refractivity contribution in [1.29, 1.82) is 0 Å². The molecule has 0 radical (unpaired) electrons. The maximum atomic E-state index is 6.37. The number of hydrogen-bond acceptors (Lipinski definition) is 3. The quantitative estimate of drug-likeness (QED) is 0.252. The van der Waals surface area contributed by atoms with Crippen LogP contribution in [0.1, 0.15) is 35.7 Å². The number of aromatic nitrogens is 3. The maximum Gasteiger partial charge on any atom is 0.192 e. The van der Waals surface area contributed by atoms with Gasteiger partial charge in [-0.3, -0.25) is 0 Å². The van der Waals surface area contributed by atoms with Crippen LogP contribution >= 0.6 is 47.2 Å². The molecule has 1 unspecified atom stereocenters. The Morgan fingerprint density at radius 2 is 1.87 bits per heavy atom.